The second-order valence-electron chi connectivity index (χ2n) is 5.56. The fourth-order valence-electron chi connectivity index (χ4n) is 2.13. The van der Waals surface area contributed by atoms with Crippen molar-refractivity contribution in [2.45, 2.75) is 25.8 Å². The van der Waals surface area contributed by atoms with Crippen molar-refractivity contribution in [1.29, 1.82) is 5.26 Å². The van der Waals surface area contributed by atoms with Crippen molar-refractivity contribution < 1.29 is 4.74 Å². The Hall–Kier alpha value is -1.83. The zero-order valence-electron chi connectivity index (χ0n) is 12.4. The molecule has 110 valence electrons. The lowest BCUT2D eigenvalue weighted by atomic mass is 9.91. The molecule has 0 radical (unpaired) electrons. The quantitative estimate of drug-likeness (QED) is 0.847. The average Bonchev–Trinajstić information content (AvgIpc) is 3.00. The number of nitrogens with zero attached hydrogens (tertiary/aromatic N) is 1. The van der Waals surface area contributed by atoms with Crippen molar-refractivity contribution in [1.82, 2.24) is 5.32 Å². The molecular weight excluding hydrogens is 280 g/mol. The maximum atomic E-state index is 8.53. The molecule has 1 aromatic carbocycles. The smallest absolute Gasteiger partial charge is 0.174 e. The molecule has 0 saturated carbocycles. The summed E-state index contributed by atoms with van der Waals surface area (Å²) in [5.41, 5.74) is 1.29. The SMILES string of the molecule is CC(C)(CNCc1cccc(OCC#N)c1)c1cccs1. The van der Waals surface area contributed by atoms with Gasteiger partial charge in [0.15, 0.2) is 6.61 Å². The van der Waals surface area contributed by atoms with Crippen molar-refractivity contribution in [3.8, 4) is 11.8 Å². The van der Waals surface area contributed by atoms with Gasteiger partial charge in [-0.1, -0.05) is 32.0 Å². The first-order chi connectivity index (χ1) is 10.1. The number of rotatable bonds is 7. The maximum absolute atomic E-state index is 8.53. The molecule has 21 heavy (non-hydrogen) atoms. The number of ether oxygens (including phenoxy) is 1. The second kappa shape index (κ2) is 7.26. The van der Waals surface area contributed by atoms with E-state index in [0.29, 0.717) is 0 Å². The minimum Gasteiger partial charge on any atom is -0.479 e. The first-order valence-corrected chi connectivity index (χ1v) is 7.83. The fourth-order valence-corrected chi connectivity index (χ4v) is 2.98. The van der Waals surface area contributed by atoms with Crippen LogP contribution < -0.4 is 10.1 Å². The minimum absolute atomic E-state index is 0.0856. The van der Waals surface area contributed by atoms with E-state index in [4.69, 9.17) is 10.00 Å². The molecular formula is C17H20N2OS. The molecule has 0 aliphatic rings. The van der Waals surface area contributed by atoms with Crippen LogP contribution in [0.3, 0.4) is 0 Å². The van der Waals surface area contributed by atoms with Crippen LogP contribution in [0.5, 0.6) is 5.75 Å². The van der Waals surface area contributed by atoms with Crippen LogP contribution in [0.15, 0.2) is 41.8 Å². The topological polar surface area (TPSA) is 45.0 Å². The lowest BCUT2D eigenvalue weighted by Gasteiger charge is -2.23. The Kier molecular flexibility index (Phi) is 5.38. The predicted molar refractivity (Wildman–Crippen MR) is 86.6 cm³/mol. The van der Waals surface area contributed by atoms with E-state index in [1.54, 1.807) is 11.3 Å². The maximum Gasteiger partial charge on any atom is 0.174 e. The Morgan fingerprint density at radius 3 is 2.86 bits per heavy atom. The highest BCUT2D eigenvalue weighted by Crippen LogP contribution is 2.26. The Bertz CT molecular complexity index is 600. The first kappa shape index (κ1) is 15.6. The van der Waals surface area contributed by atoms with Gasteiger partial charge in [0.1, 0.15) is 11.8 Å². The van der Waals surface area contributed by atoms with E-state index in [2.05, 4.69) is 42.7 Å². The molecule has 0 saturated heterocycles. The number of hydrogen-bond acceptors (Lipinski definition) is 4. The summed E-state index contributed by atoms with van der Waals surface area (Å²) < 4.78 is 5.31. The molecule has 0 aliphatic carbocycles. The summed E-state index contributed by atoms with van der Waals surface area (Å²) in [6.45, 7) is 6.29. The van der Waals surface area contributed by atoms with Crippen LogP contribution in [-0.4, -0.2) is 13.2 Å². The van der Waals surface area contributed by atoms with Gasteiger partial charge < -0.3 is 10.1 Å². The Labute approximate surface area is 130 Å². The van der Waals surface area contributed by atoms with Crippen LogP contribution in [0.2, 0.25) is 0 Å². The summed E-state index contributed by atoms with van der Waals surface area (Å²) in [5, 5.41) is 14.1. The number of nitrogens with one attached hydrogen (secondary N) is 1. The van der Waals surface area contributed by atoms with Crippen LogP contribution in [0.4, 0.5) is 0 Å². The Morgan fingerprint density at radius 1 is 1.29 bits per heavy atom. The summed E-state index contributed by atoms with van der Waals surface area (Å²) in [5.74, 6) is 0.744. The zero-order chi connectivity index (χ0) is 15.1. The van der Waals surface area contributed by atoms with Crippen molar-refractivity contribution in [2.24, 2.45) is 0 Å². The van der Waals surface area contributed by atoms with E-state index in [1.807, 2.05) is 24.3 Å². The van der Waals surface area contributed by atoms with E-state index in [0.717, 1.165) is 24.4 Å². The number of hydrogen-bond donors (Lipinski definition) is 1. The highest BCUT2D eigenvalue weighted by atomic mass is 32.1. The molecule has 1 aromatic heterocycles. The first-order valence-electron chi connectivity index (χ1n) is 6.95. The van der Waals surface area contributed by atoms with Crippen molar-refractivity contribution in [2.75, 3.05) is 13.2 Å². The summed E-state index contributed by atoms with van der Waals surface area (Å²) in [6.07, 6.45) is 0. The van der Waals surface area contributed by atoms with E-state index in [1.165, 1.54) is 4.88 Å². The summed E-state index contributed by atoms with van der Waals surface area (Å²) in [4.78, 5) is 1.39. The standard InChI is InChI=1S/C17H20N2OS/c1-17(2,16-7-4-10-21-16)13-19-12-14-5-3-6-15(11-14)20-9-8-18/h3-7,10-11,19H,9,12-13H2,1-2H3. The molecule has 0 bridgehead atoms. The van der Waals surface area contributed by atoms with Crippen LogP contribution in [0.1, 0.15) is 24.3 Å². The van der Waals surface area contributed by atoms with Crippen molar-refractivity contribution >= 4 is 11.3 Å². The molecule has 0 amide bonds. The second-order valence-corrected chi connectivity index (χ2v) is 6.51. The third-order valence-electron chi connectivity index (χ3n) is 3.29. The van der Waals surface area contributed by atoms with Crippen molar-refractivity contribution in [3.63, 3.8) is 0 Å². The number of nitriles is 1. The van der Waals surface area contributed by atoms with Crippen LogP contribution in [0, 0.1) is 11.3 Å². The number of thiophene rings is 1. The zero-order valence-corrected chi connectivity index (χ0v) is 13.2. The number of benzene rings is 1. The van der Waals surface area contributed by atoms with Crippen LogP contribution >= 0.6 is 11.3 Å². The molecule has 0 spiro atoms. The van der Waals surface area contributed by atoms with Gasteiger partial charge >= 0.3 is 0 Å². The van der Waals surface area contributed by atoms with E-state index in [-0.39, 0.29) is 12.0 Å². The van der Waals surface area contributed by atoms with Gasteiger partial charge in [0.2, 0.25) is 0 Å². The normalized spacial score (nSPS) is 11.1. The summed E-state index contributed by atoms with van der Waals surface area (Å²) in [6, 6.07) is 14.1. The van der Waals surface area contributed by atoms with Gasteiger partial charge in [0.05, 0.1) is 0 Å². The monoisotopic (exact) mass is 300 g/mol. The van der Waals surface area contributed by atoms with Gasteiger partial charge in [0.25, 0.3) is 0 Å². The lowest BCUT2D eigenvalue weighted by molar-refractivity contribution is 0.367. The van der Waals surface area contributed by atoms with E-state index in [9.17, 15) is 0 Å². The minimum atomic E-state index is 0.0856. The highest BCUT2D eigenvalue weighted by Gasteiger charge is 2.20. The average molecular weight is 300 g/mol. The molecule has 0 unspecified atom stereocenters. The molecule has 1 N–H and O–H groups in total. The molecule has 3 nitrogen and oxygen atoms in total. The molecule has 0 atom stereocenters. The molecule has 4 heteroatoms. The molecule has 1 heterocycles. The molecule has 0 fully saturated rings. The fraction of sp³-hybridized carbons (Fsp3) is 0.353. The third kappa shape index (κ3) is 4.59. The largest absolute Gasteiger partial charge is 0.479 e. The predicted octanol–water partition coefficient (Wildman–Crippen LogP) is 3.72. The third-order valence-corrected chi connectivity index (χ3v) is 4.52. The van der Waals surface area contributed by atoms with Crippen LogP contribution in [0.25, 0.3) is 0 Å². The Balaban J connectivity index is 1.87. The summed E-state index contributed by atoms with van der Waals surface area (Å²) in [7, 11) is 0. The van der Waals surface area contributed by atoms with Gasteiger partial charge in [-0.25, -0.2) is 0 Å². The molecule has 2 aromatic rings. The molecule has 0 aliphatic heterocycles. The van der Waals surface area contributed by atoms with Crippen LogP contribution in [-0.2, 0) is 12.0 Å². The van der Waals surface area contributed by atoms with Crippen molar-refractivity contribution in [3.05, 3.63) is 52.2 Å². The van der Waals surface area contributed by atoms with Gasteiger partial charge in [0, 0.05) is 23.4 Å². The van der Waals surface area contributed by atoms with Gasteiger partial charge in [-0.05, 0) is 29.1 Å². The van der Waals surface area contributed by atoms with E-state index >= 15 is 0 Å². The lowest BCUT2D eigenvalue weighted by Crippen LogP contribution is -2.31. The van der Waals surface area contributed by atoms with Gasteiger partial charge in [-0.3, -0.25) is 0 Å². The Morgan fingerprint density at radius 2 is 2.14 bits per heavy atom. The highest BCUT2D eigenvalue weighted by molar-refractivity contribution is 7.10. The van der Waals surface area contributed by atoms with E-state index < -0.39 is 0 Å². The van der Waals surface area contributed by atoms with Gasteiger partial charge in [-0.15, -0.1) is 11.3 Å². The van der Waals surface area contributed by atoms with Gasteiger partial charge in [-0.2, -0.15) is 5.26 Å². The molecule has 2 rings (SSSR count). The summed E-state index contributed by atoms with van der Waals surface area (Å²) >= 11 is 1.80.